The molecule has 0 unspecified atom stereocenters. The molecule has 2 aromatic rings. The van der Waals surface area contributed by atoms with Crippen LogP contribution in [-0.2, 0) is 21.7 Å². The molecular weight excluding hydrogens is 402 g/mol. The Bertz CT molecular complexity index is 638. The molecule has 134 valence electrons. The van der Waals surface area contributed by atoms with Gasteiger partial charge in [-0.15, -0.1) is 61.6 Å². The number of hydrogen-bond acceptors (Lipinski definition) is 0. The summed E-state index contributed by atoms with van der Waals surface area (Å²) >= 11 is 0. The van der Waals surface area contributed by atoms with E-state index in [1.165, 1.54) is 46.5 Å². The van der Waals surface area contributed by atoms with Gasteiger partial charge in [0.1, 0.15) is 0 Å². The molecule has 0 nitrogen and oxygen atoms in total. The first-order valence-electron chi connectivity index (χ1n) is 8.21. The van der Waals surface area contributed by atoms with Gasteiger partial charge in [-0.3, -0.25) is 6.08 Å². The van der Waals surface area contributed by atoms with Gasteiger partial charge in [0.25, 0.3) is 0 Å². The van der Waals surface area contributed by atoms with Crippen molar-refractivity contribution in [3.05, 3.63) is 59.7 Å². The van der Waals surface area contributed by atoms with Crippen molar-refractivity contribution >= 4 is 24.0 Å². The Morgan fingerprint density at radius 2 is 1.84 bits per heavy atom. The quantitative estimate of drug-likeness (QED) is 0.370. The van der Waals surface area contributed by atoms with Crippen molar-refractivity contribution in [3.63, 3.8) is 0 Å². The molecule has 0 bridgehead atoms. The minimum atomic E-state index is 0. The molecule has 0 amide bonds. The van der Waals surface area contributed by atoms with E-state index < -0.39 is 0 Å². The maximum Gasteiger partial charge on any atom is 4.00 e. The van der Waals surface area contributed by atoms with E-state index in [0.29, 0.717) is 0 Å². The molecule has 0 spiro atoms. The van der Waals surface area contributed by atoms with E-state index in [1.807, 2.05) is 0 Å². The third-order valence-corrected chi connectivity index (χ3v) is 5.39. The second-order valence-corrected chi connectivity index (χ2v) is 8.39. The van der Waals surface area contributed by atoms with Crippen LogP contribution >= 0.6 is 7.92 Å². The van der Waals surface area contributed by atoms with Crippen LogP contribution in [0.4, 0.5) is 0 Å². The smallest absolute Gasteiger partial charge is 1.00 e. The van der Waals surface area contributed by atoms with Gasteiger partial charge in [-0.2, -0.15) is 12.1 Å². The molecule has 1 aliphatic carbocycles. The fourth-order valence-electron chi connectivity index (χ4n) is 2.62. The van der Waals surface area contributed by atoms with Gasteiger partial charge in [0.2, 0.25) is 0 Å². The minimum absolute atomic E-state index is 0. The summed E-state index contributed by atoms with van der Waals surface area (Å²) in [6.45, 7) is 9.01. The topological polar surface area (TPSA) is 0 Å². The van der Waals surface area contributed by atoms with E-state index in [9.17, 15) is 0 Å². The van der Waals surface area contributed by atoms with Gasteiger partial charge in [0.15, 0.2) is 0 Å². The number of unbranched alkanes of at least 4 members (excludes halogenated alkanes) is 1. The van der Waals surface area contributed by atoms with Crippen LogP contribution < -0.4 is 30.1 Å². The maximum absolute atomic E-state index is 3.37. The van der Waals surface area contributed by atoms with Crippen molar-refractivity contribution in [2.45, 2.75) is 39.5 Å². The Morgan fingerprint density at radius 3 is 2.36 bits per heavy atom. The van der Waals surface area contributed by atoms with E-state index in [1.54, 1.807) is 0 Å². The molecule has 0 aromatic heterocycles. The Labute approximate surface area is 182 Å². The van der Waals surface area contributed by atoms with Gasteiger partial charge < -0.3 is 24.8 Å². The van der Waals surface area contributed by atoms with Crippen LogP contribution in [0.1, 0.15) is 39.5 Å². The second kappa shape index (κ2) is 14.1. The molecule has 0 saturated carbocycles. The first-order valence-corrected chi connectivity index (χ1v) is 10.4. The molecule has 0 fully saturated rings. The van der Waals surface area contributed by atoms with Crippen LogP contribution in [0.15, 0.2) is 53.6 Å². The standard InChI is InChI=1S/C11H12P.C10H15.2ClH.Ti/c1-12(2)11-7-9-5-3-4-6-10(9)8-11;1-3-4-7-10-8-5-6-9(10)2;;;/h3-8H,1-2H3;6H,3-5,7H2,1-2H3;2*1H;/q2*-1;;;+4/p-2. The zero-order chi connectivity index (χ0) is 15.9. The monoisotopic (exact) mass is 428 g/mol. The van der Waals surface area contributed by atoms with Crippen molar-refractivity contribution in [2.24, 2.45) is 0 Å². The van der Waals surface area contributed by atoms with Crippen LogP contribution in [0.3, 0.4) is 0 Å². The average Bonchev–Trinajstić information content (AvgIpc) is 3.11. The Kier molecular flexibility index (Phi) is 15.4. The van der Waals surface area contributed by atoms with Gasteiger partial charge >= 0.3 is 21.7 Å². The minimum Gasteiger partial charge on any atom is -1.00 e. The van der Waals surface area contributed by atoms with E-state index in [0.717, 1.165) is 6.42 Å². The Morgan fingerprint density at radius 1 is 1.16 bits per heavy atom. The summed E-state index contributed by atoms with van der Waals surface area (Å²) < 4.78 is 0. The summed E-state index contributed by atoms with van der Waals surface area (Å²) in [6.07, 6.45) is 10.5. The molecule has 0 radical (unpaired) electrons. The first kappa shape index (κ1) is 27.3. The number of fused-ring (bicyclic) bond motifs is 1. The number of hydrogen-bond donors (Lipinski definition) is 0. The Hall–Kier alpha value is 0.0343. The van der Waals surface area contributed by atoms with Crippen molar-refractivity contribution in [1.29, 1.82) is 0 Å². The normalized spacial score (nSPS) is 12.2. The molecular formula is C21H27Cl2PTi. The predicted molar refractivity (Wildman–Crippen MR) is 103 cm³/mol. The Balaban J connectivity index is 0. The van der Waals surface area contributed by atoms with Crippen molar-refractivity contribution in [1.82, 2.24) is 0 Å². The van der Waals surface area contributed by atoms with Gasteiger partial charge in [0, 0.05) is 0 Å². The number of allylic oxidation sites excluding steroid dienone is 4. The number of rotatable bonds is 4. The van der Waals surface area contributed by atoms with Gasteiger partial charge in [-0.05, 0) is 13.3 Å². The summed E-state index contributed by atoms with van der Waals surface area (Å²) in [4.78, 5) is 0. The van der Waals surface area contributed by atoms with E-state index >= 15 is 0 Å². The number of halogens is 2. The molecule has 25 heavy (non-hydrogen) atoms. The molecule has 0 heterocycles. The van der Waals surface area contributed by atoms with Crippen LogP contribution in [0, 0.1) is 6.08 Å². The van der Waals surface area contributed by atoms with Crippen molar-refractivity contribution < 1.29 is 46.5 Å². The van der Waals surface area contributed by atoms with Gasteiger partial charge in [-0.25, -0.2) is 11.1 Å². The SMILES string of the molecule is CCCCC1=[C-]CC=C1C.CP(C)c1cc2ccccc2[cH-]1.[Cl-].[Cl-].[Ti+4]. The number of benzene rings is 1. The molecule has 2 aromatic carbocycles. The summed E-state index contributed by atoms with van der Waals surface area (Å²) in [7, 11) is 0.0576. The van der Waals surface area contributed by atoms with Crippen LogP contribution in [0.5, 0.6) is 0 Å². The second-order valence-electron chi connectivity index (χ2n) is 6.09. The van der Waals surface area contributed by atoms with Crippen LogP contribution in [-0.4, -0.2) is 13.3 Å². The first-order chi connectivity index (χ1) is 10.6. The van der Waals surface area contributed by atoms with E-state index in [2.05, 4.69) is 75.7 Å². The predicted octanol–water partition coefficient (Wildman–Crippen LogP) is 0.187. The maximum atomic E-state index is 3.37. The molecule has 0 atom stereocenters. The largest absolute Gasteiger partial charge is 4.00 e. The fourth-order valence-corrected chi connectivity index (χ4v) is 3.42. The summed E-state index contributed by atoms with van der Waals surface area (Å²) in [5.74, 6) is 0. The van der Waals surface area contributed by atoms with E-state index in [4.69, 9.17) is 0 Å². The average molecular weight is 429 g/mol. The zero-order valence-corrected chi connectivity index (χ0v) is 19.5. The van der Waals surface area contributed by atoms with Crippen molar-refractivity contribution in [2.75, 3.05) is 13.3 Å². The van der Waals surface area contributed by atoms with Crippen molar-refractivity contribution in [3.8, 4) is 0 Å². The zero-order valence-electron chi connectivity index (χ0n) is 15.6. The third kappa shape index (κ3) is 8.51. The summed E-state index contributed by atoms with van der Waals surface area (Å²) in [5.41, 5.74) is 2.91. The molecule has 1 aliphatic rings. The summed E-state index contributed by atoms with van der Waals surface area (Å²) in [5, 5.41) is 4.26. The fraction of sp³-hybridized carbons (Fsp3) is 0.381. The molecule has 3 rings (SSSR count). The third-order valence-electron chi connectivity index (χ3n) is 4.10. The summed E-state index contributed by atoms with van der Waals surface area (Å²) in [6, 6.07) is 13.2. The molecule has 0 aliphatic heterocycles. The van der Waals surface area contributed by atoms with E-state index in [-0.39, 0.29) is 54.5 Å². The van der Waals surface area contributed by atoms with Crippen LogP contribution in [0.2, 0.25) is 0 Å². The van der Waals surface area contributed by atoms with Crippen LogP contribution in [0.25, 0.3) is 10.8 Å². The van der Waals surface area contributed by atoms with Gasteiger partial charge in [-0.1, -0.05) is 32.3 Å². The molecule has 0 N–H and O–H groups in total. The molecule has 0 saturated heterocycles. The van der Waals surface area contributed by atoms with Gasteiger partial charge in [0.05, 0.1) is 0 Å². The molecule has 4 heteroatoms.